The van der Waals surface area contributed by atoms with Crippen molar-refractivity contribution in [2.24, 2.45) is 0 Å². The molecular formula is C28H32N6O3S. The molecule has 9 nitrogen and oxygen atoms in total. The second-order valence-electron chi connectivity index (χ2n) is 9.52. The number of ether oxygens (including phenoxy) is 2. The maximum Gasteiger partial charge on any atom is 0.341 e. The average Bonchev–Trinajstić information content (AvgIpc) is 3.35. The standard InChI is InChI=1S/C28H32N6O3S/c1-5-37-27(35)21-15-29-28(30-16-21)33(4)17-22-14-23-24(38-22)26(34-10-12-36-13-11-34)32-25(31-23)20-8-6-19(7-9-20)18(2)3/h6-9,14-16,18H,5,10-13,17H2,1-4H3. The van der Waals surface area contributed by atoms with Crippen molar-refractivity contribution in [2.45, 2.75) is 33.2 Å². The van der Waals surface area contributed by atoms with E-state index < -0.39 is 5.97 Å². The van der Waals surface area contributed by atoms with E-state index in [0.717, 1.165) is 45.4 Å². The molecule has 1 aliphatic rings. The molecule has 0 atom stereocenters. The first-order valence-corrected chi connectivity index (χ1v) is 13.7. The van der Waals surface area contributed by atoms with Crippen molar-refractivity contribution in [3.8, 4) is 11.4 Å². The molecule has 0 bridgehead atoms. The van der Waals surface area contributed by atoms with E-state index in [4.69, 9.17) is 19.4 Å². The van der Waals surface area contributed by atoms with E-state index in [-0.39, 0.29) is 0 Å². The molecule has 4 heterocycles. The number of hydrogen-bond donors (Lipinski definition) is 0. The van der Waals surface area contributed by atoms with E-state index in [9.17, 15) is 4.79 Å². The summed E-state index contributed by atoms with van der Waals surface area (Å²) >= 11 is 1.69. The highest BCUT2D eigenvalue weighted by Crippen LogP contribution is 2.35. The molecule has 3 aromatic heterocycles. The van der Waals surface area contributed by atoms with Gasteiger partial charge in [-0.05, 0) is 24.5 Å². The molecule has 0 radical (unpaired) electrons. The first-order valence-electron chi connectivity index (χ1n) is 12.9. The fourth-order valence-electron chi connectivity index (χ4n) is 4.32. The number of fused-ring (bicyclic) bond motifs is 1. The van der Waals surface area contributed by atoms with Crippen LogP contribution in [0.5, 0.6) is 0 Å². The summed E-state index contributed by atoms with van der Waals surface area (Å²) in [5.41, 5.74) is 3.56. The lowest BCUT2D eigenvalue weighted by atomic mass is 10.0. The summed E-state index contributed by atoms with van der Waals surface area (Å²) in [5.74, 6) is 2.26. The monoisotopic (exact) mass is 532 g/mol. The third-order valence-corrected chi connectivity index (χ3v) is 7.54. The number of hydrogen-bond acceptors (Lipinski definition) is 10. The van der Waals surface area contributed by atoms with Gasteiger partial charge in [-0.15, -0.1) is 11.3 Å². The van der Waals surface area contributed by atoms with Crippen LogP contribution in [0.4, 0.5) is 11.8 Å². The molecule has 0 amide bonds. The second kappa shape index (κ2) is 11.4. The van der Waals surface area contributed by atoms with Gasteiger partial charge in [0, 0.05) is 43.0 Å². The summed E-state index contributed by atoms with van der Waals surface area (Å²) in [6, 6.07) is 10.7. The van der Waals surface area contributed by atoms with Crippen LogP contribution in [0.3, 0.4) is 0 Å². The topological polar surface area (TPSA) is 93.6 Å². The molecule has 4 aromatic rings. The molecule has 1 fully saturated rings. The van der Waals surface area contributed by atoms with E-state index in [1.807, 2.05) is 11.9 Å². The number of esters is 1. The molecule has 10 heteroatoms. The minimum absolute atomic E-state index is 0.312. The third kappa shape index (κ3) is 5.61. The molecule has 0 spiro atoms. The zero-order chi connectivity index (χ0) is 26.6. The van der Waals surface area contributed by atoms with Crippen molar-refractivity contribution in [3.63, 3.8) is 0 Å². The quantitative estimate of drug-likeness (QED) is 0.293. The Morgan fingerprint density at radius 2 is 1.84 bits per heavy atom. The first-order chi connectivity index (χ1) is 18.4. The number of anilines is 2. The minimum Gasteiger partial charge on any atom is -0.462 e. The number of thiophene rings is 1. The Morgan fingerprint density at radius 1 is 1.13 bits per heavy atom. The summed E-state index contributed by atoms with van der Waals surface area (Å²) in [6.45, 7) is 10.0. The van der Waals surface area contributed by atoms with Crippen LogP contribution in [0, 0.1) is 0 Å². The number of morpholine rings is 1. The minimum atomic E-state index is -0.421. The lowest BCUT2D eigenvalue weighted by Gasteiger charge is -2.28. The summed E-state index contributed by atoms with van der Waals surface area (Å²) < 4.78 is 11.7. The van der Waals surface area contributed by atoms with Crippen LogP contribution >= 0.6 is 11.3 Å². The molecule has 0 saturated carbocycles. The molecule has 1 saturated heterocycles. The van der Waals surface area contributed by atoms with Gasteiger partial charge in [-0.25, -0.2) is 24.7 Å². The Balaban J connectivity index is 1.45. The zero-order valence-electron chi connectivity index (χ0n) is 22.2. The fourth-order valence-corrected chi connectivity index (χ4v) is 5.49. The smallest absolute Gasteiger partial charge is 0.341 e. The van der Waals surface area contributed by atoms with Crippen molar-refractivity contribution in [1.82, 2.24) is 19.9 Å². The molecule has 0 N–H and O–H groups in total. The van der Waals surface area contributed by atoms with Crippen molar-refractivity contribution >= 4 is 39.3 Å². The predicted molar refractivity (Wildman–Crippen MR) is 150 cm³/mol. The van der Waals surface area contributed by atoms with Gasteiger partial charge in [-0.2, -0.15) is 0 Å². The highest BCUT2D eigenvalue weighted by atomic mass is 32.1. The number of carbonyl (C=O) groups is 1. The van der Waals surface area contributed by atoms with Crippen LogP contribution in [-0.4, -0.2) is 65.9 Å². The average molecular weight is 533 g/mol. The largest absolute Gasteiger partial charge is 0.462 e. The highest BCUT2D eigenvalue weighted by Gasteiger charge is 2.21. The normalized spacial score (nSPS) is 13.8. The van der Waals surface area contributed by atoms with Gasteiger partial charge in [0.25, 0.3) is 0 Å². The first kappa shape index (κ1) is 26.0. The maximum atomic E-state index is 11.9. The van der Waals surface area contributed by atoms with Crippen LogP contribution in [-0.2, 0) is 16.0 Å². The second-order valence-corrected chi connectivity index (χ2v) is 10.7. The maximum absolute atomic E-state index is 11.9. The molecule has 198 valence electrons. The Hall–Kier alpha value is -3.63. The molecule has 0 unspecified atom stereocenters. The fraction of sp³-hybridized carbons (Fsp3) is 0.393. The van der Waals surface area contributed by atoms with Gasteiger partial charge in [0.2, 0.25) is 5.95 Å². The van der Waals surface area contributed by atoms with E-state index in [2.05, 4.69) is 59.0 Å². The molecule has 0 aliphatic carbocycles. The van der Waals surface area contributed by atoms with Gasteiger partial charge in [0.05, 0.1) is 42.1 Å². The number of benzene rings is 1. The molecule has 5 rings (SSSR count). The SMILES string of the molecule is CCOC(=O)c1cnc(N(C)Cc2cc3nc(-c4ccc(C(C)C)cc4)nc(N4CCOCC4)c3s2)nc1. The van der Waals surface area contributed by atoms with Crippen LogP contribution < -0.4 is 9.80 Å². The Kier molecular flexibility index (Phi) is 7.80. The van der Waals surface area contributed by atoms with Gasteiger partial charge in [0.15, 0.2) is 11.6 Å². The van der Waals surface area contributed by atoms with E-state index in [1.54, 1.807) is 18.3 Å². The summed E-state index contributed by atoms with van der Waals surface area (Å²) in [5, 5.41) is 0. The van der Waals surface area contributed by atoms with Crippen LogP contribution in [0.15, 0.2) is 42.7 Å². The third-order valence-electron chi connectivity index (χ3n) is 6.43. The van der Waals surface area contributed by atoms with E-state index >= 15 is 0 Å². The van der Waals surface area contributed by atoms with Crippen LogP contribution in [0.2, 0.25) is 0 Å². The van der Waals surface area contributed by atoms with Gasteiger partial charge in [-0.3, -0.25) is 0 Å². The number of aromatic nitrogens is 4. The van der Waals surface area contributed by atoms with Gasteiger partial charge < -0.3 is 19.3 Å². The van der Waals surface area contributed by atoms with Crippen molar-refractivity contribution in [3.05, 3.63) is 58.7 Å². The predicted octanol–water partition coefficient (Wildman–Crippen LogP) is 4.92. The van der Waals surface area contributed by atoms with Gasteiger partial charge in [-0.1, -0.05) is 38.1 Å². The number of rotatable bonds is 8. The highest BCUT2D eigenvalue weighted by molar-refractivity contribution is 7.19. The summed E-state index contributed by atoms with van der Waals surface area (Å²) in [4.78, 5) is 36.0. The van der Waals surface area contributed by atoms with Crippen molar-refractivity contribution < 1.29 is 14.3 Å². The molecule has 38 heavy (non-hydrogen) atoms. The number of carbonyl (C=O) groups excluding carboxylic acids is 1. The van der Waals surface area contributed by atoms with E-state index in [1.165, 1.54) is 18.0 Å². The Labute approximate surface area is 226 Å². The van der Waals surface area contributed by atoms with Gasteiger partial charge in [0.1, 0.15) is 0 Å². The lowest BCUT2D eigenvalue weighted by molar-refractivity contribution is 0.0525. The van der Waals surface area contributed by atoms with Crippen LogP contribution in [0.1, 0.15) is 47.5 Å². The lowest BCUT2D eigenvalue weighted by Crippen LogP contribution is -2.36. The Morgan fingerprint density at radius 3 is 2.50 bits per heavy atom. The summed E-state index contributed by atoms with van der Waals surface area (Å²) in [7, 11) is 1.93. The molecular weight excluding hydrogens is 500 g/mol. The van der Waals surface area contributed by atoms with E-state index in [0.29, 0.717) is 43.8 Å². The van der Waals surface area contributed by atoms with Gasteiger partial charge >= 0.3 is 5.97 Å². The molecule has 1 aliphatic heterocycles. The zero-order valence-corrected chi connectivity index (χ0v) is 23.0. The molecule has 1 aromatic carbocycles. The van der Waals surface area contributed by atoms with Crippen LogP contribution in [0.25, 0.3) is 21.6 Å². The van der Waals surface area contributed by atoms with Crippen molar-refractivity contribution in [2.75, 3.05) is 49.8 Å². The summed E-state index contributed by atoms with van der Waals surface area (Å²) in [6.07, 6.45) is 3.00. The number of nitrogens with zero attached hydrogens (tertiary/aromatic N) is 6. The van der Waals surface area contributed by atoms with Crippen molar-refractivity contribution in [1.29, 1.82) is 0 Å². The Bertz CT molecular complexity index is 1400.